The maximum atomic E-state index is 12.6. The zero-order valence-corrected chi connectivity index (χ0v) is 13.1. The third-order valence-electron chi connectivity index (χ3n) is 5.22. The molecular formula is C20H18N2O. The Bertz CT molecular complexity index is 870. The smallest absolute Gasteiger partial charge is 0.256 e. The van der Waals surface area contributed by atoms with Crippen molar-refractivity contribution in [2.24, 2.45) is 5.92 Å². The van der Waals surface area contributed by atoms with Crippen molar-refractivity contribution in [3.63, 3.8) is 0 Å². The Labute approximate surface area is 135 Å². The number of amides is 1. The zero-order chi connectivity index (χ0) is 15.6. The maximum Gasteiger partial charge on any atom is 0.256 e. The fraction of sp³-hybridized carbons (Fsp3) is 0.250. The highest BCUT2D eigenvalue weighted by Gasteiger charge is 2.39. The first-order valence-corrected chi connectivity index (χ1v) is 8.22. The molecule has 0 spiro atoms. The number of carbonyl (C=O) groups excluding carboxylic acids is 1. The molecule has 23 heavy (non-hydrogen) atoms. The Balaban J connectivity index is 1.38. The topological polar surface area (TPSA) is 32.3 Å². The van der Waals surface area contributed by atoms with Gasteiger partial charge < -0.3 is 10.2 Å². The van der Waals surface area contributed by atoms with Crippen molar-refractivity contribution in [3.8, 4) is 0 Å². The minimum atomic E-state index is -0.0113. The van der Waals surface area contributed by atoms with Crippen molar-refractivity contribution in [1.29, 1.82) is 0 Å². The van der Waals surface area contributed by atoms with E-state index < -0.39 is 0 Å². The van der Waals surface area contributed by atoms with Gasteiger partial charge in [0.15, 0.2) is 0 Å². The molecule has 0 fully saturated rings. The van der Waals surface area contributed by atoms with Gasteiger partial charge in [0.2, 0.25) is 0 Å². The van der Waals surface area contributed by atoms with Crippen LogP contribution in [0, 0.1) is 5.92 Å². The number of fused-ring (bicyclic) bond motifs is 4. The number of nitrogens with one attached hydrogen (secondary N) is 1. The van der Waals surface area contributed by atoms with Crippen LogP contribution in [-0.2, 0) is 11.2 Å². The molecule has 0 saturated heterocycles. The lowest BCUT2D eigenvalue weighted by molar-refractivity contribution is -0.112. The van der Waals surface area contributed by atoms with Crippen LogP contribution in [0.3, 0.4) is 0 Å². The van der Waals surface area contributed by atoms with Gasteiger partial charge in [0.05, 0.1) is 0 Å². The Hall–Kier alpha value is -2.55. The lowest BCUT2D eigenvalue weighted by Crippen LogP contribution is -2.25. The Kier molecular flexibility index (Phi) is 2.52. The zero-order valence-electron chi connectivity index (χ0n) is 13.1. The molecule has 4 aliphatic rings. The van der Waals surface area contributed by atoms with E-state index in [0.29, 0.717) is 5.92 Å². The molecule has 3 aliphatic carbocycles. The summed E-state index contributed by atoms with van der Waals surface area (Å²) >= 11 is 0. The third kappa shape index (κ3) is 1.93. The van der Waals surface area contributed by atoms with Crippen LogP contribution in [0.25, 0.3) is 0 Å². The molecule has 1 amide bonds. The number of benzene rings is 1. The molecule has 0 bridgehead atoms. The van der Waals surface area contributed by atoms with Crippen LogP contribution in [-0.4, -0.2) is 19.5 Å². The summed E-state index contributed by atoms with van der Waals surface area (Å²) < 4.78 is 0. The first-order valence-electron chi connectivity index (χ1n) is 8.22. The number of hydrogen-bond donors (Lipinski definition) is 1. The maximum absolute atomic E-state index is 12.6. The van der Waals surface area contributed by atoms with Crippen molar-refractivity contribution in [2.45, 2.75) is 12.8 Å². The fourth-order valence-corrected chi connectivity index (χ4v) is 3.89. The van der Waals surface area contributed by atoms with E-state index in [1.54, 1.807) is 0 Å². The Morgan fingerprint density at radius 1 is 1.30 bits per heavy atom. The molecule has 1 aromatic carbocycles. The Morgan fingerprint density at radius 2 is 2.22 bits per heavy atom. The van der Waals surface area contributed by atoms with Crippen LogP contribution in [0.2, 0.25) is 0 Å². The molecule has 3 nitrogen and oxygen atoms in total. The molecule has 3 heteroatoms. The molecule has 1 atom stereocenters. The van der Waals surface area contributed by atoms with E-state index >= 15 is 0 Å². The van der Waals surface area contributed by atoms with Gasteiger partial charge in [0.25, 0.3) is 5.91 Å². The Morgan fingerprint density at radius 3 is 3.13 bits per heavy atom. The van der Waals surface area contributed by atoms with Crippen LogP contribution in [0.4, 0.5) is 11.4 Å². The molecule has 5 rings (SSSR count). The van der Waals surface area contributed by atoms with E-state index in [1.807, 2.05) is 12.1 Å². The van der Waals surface area contributed by atoms with Gasteiger partial charge in [-0.15, -0.1) is 0 Å². The number of anilines is 2. The van der Waals surface area contributed by atoms with Crippen LogP contribution in [0.15, 0.2) is 64.8 Å². The van der Waals surface area contributed by atoms with E-state index in [2.05, 4.69) is 47.6 Å². The standard InChI is InChI=1S/C20H18N2O/c1-22-8-2-3-12-4-5-14(11-19(12)22)21-20(23)16-7-6-15-17-9-13(17)10-18(15)16/h4-7,9-11,17H,2-3,8H2,1H3,(H,21,23). The summed E-state index contributed by atoms with van der Waals surface area (Å²) in [7, 11) is 2.11. The van der Waals surface area contributed by atoms with Crippen molar-refractivity contribution in [3.05, 3.63) is 70.4 Å². The van der Waals surface area contributed by atoms with Gasteiger partial charge in [-0.05, 0) is 59.4 Å². The number of aryl methyl sites for hydroxylation is 1. The van der Waals surface area contributed by atoms with E-state index in [-0.39, 0.29) is 5.91 Å². The average Bonchev–Trinajstić information content (AvgIpc) is 3.02. The summed E-state index contributed by atoms with van der Waals surface area (Å²) in [6.07, 6.45) is 10.7. The highest BCUT2D eigenvalue weighted by Crippen LogP contribution is 2.51. The lowest BCUT2D eigenvalue weighted by atomic mass is 10.0. The molecular weight excluding hydrogens is 284 g/mol. The minimum Gasteiger partial charge on any atom is -0.374 e. The molecule has 114 valence electrons. The van der Waals surface area contributed by atoms with Gasteiger partial charge in [-0.3, -0.25) is 4.79 Å². The second-order valence-corrected chi connectivity index (χ2v) is 6.73. The van der Waals surface area contributed by atoms with E-state index in [1.165, 1.54) is 28.8 Å². The molecule has 1 unspecified atom stereocenters. The summed E-state index contributed by atoms with van der Waals surface area (Å²) in [5.74, 6) is 0.478. The minimum absolute atomic E-state index is 0.0113. The first kappa shape index (κ1) is 12.9. The van der Waals surface area contributed by atoms with Gasteiger partial charge in [0.1, 0.15) is 0 Å². The summed E-state index contributed by atoms with van der Waals surface area (Å²) in [6, 6.07) is 6.25. The largest absolute Gasteiger partial charge is 0.374 e. The monoisotopic (exact) mass is 302 g/mol. The van der Waals surface area contributed by atoms with Gasteiger partial charge in [-0.25, -0.2) is 0 Å². The number of rotatable bonds is 2. The average molecular weight is 302 g/mol. The second-order valence-electron chi connectivity index (χ2n) is 6.73. The predicted octanol–water partition coefficient (Wildman–Crippen LogP) is 3.37. The van der Waals surface area contributed by atoms with Gasteiger partial charge >= 0.3 is 0 Å². The first-order chi connectivity index (χ1) is 11.2. The van der Waals surface area contributed by atoms with Gasteiger partial charge in [-0.2, -0.15) is 0 Å². The van der Waals surface area contributed by atoms with Crippen molar-refractivity contribution < 1.29 is 4.79 Å². The van der Waals surface area contributed by atoms with Crippen molar-refractivity contribution >= 4 is 17.3 Å². The number of nitrogens with zero attached hydrogens (tertiary/aromatic N) is 1. The van der Waals surface area contributed by atoms with Crippen LogP contribution >= 0.6 is 0 Å². The highest BCUT2D eigenvalue weighted by atomic mass is 16.1. The predicted molar refractivity (Wildman–Crippen MR) is 92.5 cm³/mol. The normalized spacial score (nSPS) is 23.2. The molecule has 0 radical (unpaired) electrons. The van der Waals surface area contributed by atoms with E-state index in [4.69, 9.17) is 0 Å². The van der Waals surface area contributed by atoms with E-state index in [9.17, 15) is 4.79 Å². The summed E-state index contributed by atoms with van der Waals surface area (Å²) in [4.78, 5) is 14.9. The number of allylic oxidation sites excluding steroid dienone is 6. The molecule has 1 aliphatic heterocycles. The quantitative estimate of drug-likeness (QED) is 0.908. The van der Waals surface area contributed by atoms with Crippen molar-refractivity contribution in [2.75, 3.05) is 23.8 Å². The van der Waals surface area contributed by atoms with Crippen LogP contribution in [0.1, 0.15) is 12.0 Å². The molecule has 1 heterocycles. The second kappa shape index (κ2) is 4.48. The number of hydrogen-bond acceptors (Lipinski definition) is 2. The van der Waals surface area contributed by atoms with Gasteiger partial charge in [-0.1, -0.05) is 18.2 Å². The third-order valence-corrected chi connectivity index (χ3v) is 5.22. The highest BCUT2D eigenvalue weighted by molar-refractivity contribution is 6.10. The van der Waals surface area contributed by atoms with Crippen LogP contribution in [0.5, 0.6) is 0 Å². The summed E-state index contributed by atoms with van der Waals surface area (Å²) in [5, 5.41) is 3.07. The summed E-state index contributed by atoms with van der Waals surface area (Å²) in [5.41, 5.74) is 8.03. The molecule has 0 aromatic heterocycles. The summed E-state index contributed by atoms with van der Waals surface area (Å²) in [6.45, 7) is 1.08. The van der Waals surface area contributed by atoms with Crippen LogP contribution < -0.4 is 10.2 Å². The van der Waals surface area contributed by atoms with E-state index in [0.717, 1.165) is 29.8 Å². The van der Waals surface area contributed by atoms with Gasteiger partial charge in [0, 0.05) is 36.5 Å². The molecule has 1 N–H and O–H groups in total. The lowest BCUT2D eigenvalue weighted by Gasteiger charge is -2.28. The molecule has 0 saturated carbocycles. The fourth-order valence-electron chi connectivity index (χ4n) is 3.89. The molecule has 1 aromatic rings. The van der Waals surface area contributed by atoms with Crippen molar-refractivity contribution in [1.82, 2.24) is 0 Å². The number of carbonyl (C=O) groups is 1. The SMILES string of the molecule is CN1CCCc2ccc(NC(=O)C3=CC=C4C3=CC3=CC34)cc21.